The number of carbonyl (C=O) groups excluding carboxylic acids is 1. The molecule has 0 saturated heterocycles. The second-order valence-electron chi connectivity index (χ2n) is 3.80. The standard InChI is InChI=1S/C12H11N3O3/c1-6-2-4-7(5-3-6)11-14-8(10(13)17)9(16)12(18)15-11/h2-5,16H,1H3,(H2,13,17)(H,14,15,18). The number of rotatable bonds is 2. The van der Waals surface area contributed by atoms with Crippen LogP contribution in [0.4, 0.5) is 0 Å². The normalized spacial score (nSPS) is 10.3. The lowest BCUT2D eigenvalue weighted by Gasteiger charge is -2.05. The van der Waals surface area contributed by atoms with E-state index in [-0.39, 0.29) is 5.82 Å². The molecule has 0 radical (unpaired) electrons. The molecule has 6 nitrogen and oxygen atoms in total. The van der Waals surface area contributed by atoms with Gasteiger partial charge in [-0.2, -0.15) is 4.98 Å². The topological polar surface area (TPSA) is 109 Å². The van der Waals surface area contributed by atoms with Crippen molar-refractivity contribution >= 4 is 5.91 Å². The van der Waals surface area contributed by atoms with Gasteiger partial charge in [0.05, 0.1) is 0 Å². The summed E-state index contributed by atoms with van der Waals surface area (Å²) in [5.74, 6) is -2.19. The first-order chi connectivity index (χ1) is 8.49. The van der Waals surface area contributed by atoms with Crippen LogP contribution in [0.25, 0.3) is 11.4 Å². The van der Waals surface area contributed by atoms with Gasteiger partial charge in [-0.1, -0.05) is 29.8 Å². The zero-order valence-electron chi connectivity index (χ0n) is 9.58. The Morgan fingerprint density at radius 3 is 2.33 bits per heavy atom. The second-order valence-corrected chi connectivity index (χ2v) is 3.80. The minimum absolute atomic E-state index is 0.124. The Morgan fingerprint density at radius 2 is 1.78 bits per heavy atom. The molecule has 1 heterocycles. The van der Waals surface area contributed by atoms with Crippen LogP contribution in [0.15, 0.2) is 24.3 Å². The molecule has 0 aliphatic rings. The first-order valence-electron chi connectivity index (χ1n) is 5.16. The van der Waals surface area contributed by atoms with Crippen molar-refractivity contribution in [1.82, 2.24) is 9.97 Å². The molecule has 1 aromatic carbocycles. The lowest BCUT2D eigenvalue weighted by Crippen LogP contribution is -2.14. The smallest absolute Gasteiger partial charge is 0.271 e. The van der Waals surface area contributed by atoms with Crippen molar-refractivity contribution in [3.05, 3.63) is 35.5 Å². The van der Waals surface area contributed by atoms with E-state index in [0.717, 1.165) is 5.56 Å². The average Bonchev–Trinajstić information content (AvgIpc) is 2.33. The van der Waals surface area contributed by atoms with E-state index in [0.29, 0.717) is 5.56 Å². The van der Waals surface area contributed by atoms with E-state index in [2.05, 4.69) is 9.97 Å². The largest absolute Gasteiger partial charge is 0.501 e. The molecule has 1 aromatic heterocycles. The number of amides is 1. The van der Waals surface area contributed by atoms with Crippen molar-refractivity contribution in [2.75, 3.05) is 0 Å². The summed E-state index contributed by atoms with van der Waals surface area (Å²) in [5.41, 5.74) is 6.31. The highest BCUT2D eigenvalue weighted by Gasteiger charge is 2.17. The number of hydrogen-bond donors (Lipinski definition) is 3. The van der Waals surface area contributed by atoms with Crippen molar-refractivity contribution in [3.63, 3.8) is 0 Å². The number of primary amides is 1. The molecule has 6 heteroatoms. The maximum Gasteiger partial charge on any atom is 0.271 e. The van der Waals surface area contributed by atoms with Gasteiger partial charge in [-0.3, -0.25) is 4.79 Å². The van der Waals surface area contributed by atoms with E-state index in [4.69, 9.17) is 5.73 Å². The number of hydrogen-bond acceptors (Lipinski definition) is 5. The molecule has 18 heavy (non-hydrogen) atoms. The van der Waals surface area contributed by atoms with Crippen LogP contribution in [-0.4, -0.2) is 26.1 Å². The fourth-order valence-corrected chi connectivity index (χ4v) is 1.45. The van der Waals surface area contributed by atoms with Gasteiger partial charge in [-0.15, -0.1) is 0 Å². The van der Waals surface area contributed by atoms with Crippen LogP contribution in [0.5, 0.6) is 11.6 Å². The molecule has 0 unspecified atom stereocenters. The predicted octanol–water partition coefficient (Wildman–Crippen LogP) is 0.962. The van der Waals surface area contributed by atoms with Crippen molar-refractivity contribution in [3.8, 4) is 23.0 Å². The Hall–Kier alpha value is -2.63. The predicted molar refractivity (Wildman–Crippen MR) is 64.1 cm³/mol. The van der Waals surface area contributed by atoms with Crippen LogP contribution < -0.4 is 5.73 Å². The first kappa shape index (κ1) is 11.8. The Kier molecular flexibility index (Phi) is 2.85. The Morgan fingerprint density at radius 1 is 1.17 bits per heavy atom. The summed E-state index contributed by atoms with van der Waals surface area (Å²) in [6.07, 6.45) is 0. The number of nitrogens with zero attached hydrogens (tertiary/aromatic N) is 2. The highest BCUT2D eigenvalue weighted by atomic mass is 16.3. The molecule has 0 atom stereocenters. The van der Waals surface area contributed by atoms with Crippen LogP contribution in [0.3, 0.4) is 0 Å². The van der Waals surface area contributed by atoms with Gasteiger partial charge < -0.3 is 15.9 Å². The highest BCUT2D eigenvalue weighted by molar-refractivity contribution is 5.94. The molecule has 0 spiro atoms. The van der Waals surface area contributed by atoms with Crippen LogP contribution in [-0.2, 0) is 0 Å². The maximum atomic E-state index is 11.1. The van der Waals surface area contributed by atoms with Crippen LogP contribution in [0.2, 0.25) is 0 Å². The van der Waals surface area contributed by atoms with Gasteiger partial charge in [0.1, 0.15) is 0 Å². The van der Waals surface area contributed by atoms with Crippen LogP contribution in [0.1, 0.15) is 16.1 Å². The van der Waals surface area contributed by atoms with Gasteiger partial charge in [-0.05, 0) is 6.92 Å². The fraction of sp³-hybridized carbons (Fsp3) is 0.0833. The molecule has 0 aliphatic heterocycles. The van der Waals surface area contributed by atoms with Crippen LogP contribution in [0, 0.1) is 6.92 Å². The molecular formula is C12H11N3O3. The molecule has 0 fully saturated rings. The average molecular weight is 245 g/mol. The van der Waals surface area contributed by atoms with E-state index < -0.39 is 23.2 Å². The van der Waals surface area contributed by atoms with Crippen LogP contribution >= 0.6 is 0 Å². The van der Waals surface area contributed by atoms with Crippen molar-refractivity contribution < 1.29 is 15.0 Å². The van der Waals surface area contributed by atoms with Gasteiger partial charge in [0.15, 0.2) is 11.5 Å². The SMILES string of the molecule is Cc1ccc(-c2nc(O)c(O)c(C(N)=O)n2)cc1. The van der Waals surface area contributed by atoms with E-state index in [1.807, 2.05) is 19.1 Å². The third kappa shape index (κ3) is 2.08. The van der Waals surface area contributed by atoms with Gasteiger partial charge in [0.25, 0.3) is 11.8 Å². The summed E-state index contributed by atoms with van der Waals surface area (Å²) in [6.45, 7) is 1.92. The quantitative estimate of drug-likeness (QED) is 0.730. The van der Waals surface area contributed by atoms with Crippen molar-refractivity contribution in [2.45, 2.75) is 6.92 Å². The second kappa shape index (κ2) is 4.33. The summed E-state index contributed by atoms with van der Waals surface area (Å²) in [5, 5.41) is 18.8. The number of benzene rings is 1. The number of nitrogens with two attached hydrogens (primary N) is 1. The highest BCUT2D eigenvalue weighted by Crippen LogP contribution is 2.28. The zero-order valence-corrected chi connectivity index (χ0v) is 9.58. The Labute approximate surface area is 103 Å². The monoisotopic (exact) mass is 245 g/mol. The summed E-state index contributed by atoms with van der Waals surface area (Å²) in [6, 6.07) is 7.16. The lowest BCUT2D eigenvalue weighted by molar-refractivity contribution is 0.0991. The molecule has 2 aromatic rings. The maximum absolute atomic E-state index is 11.1. The third-order valence-corrected chi connectivity index (χ3v) is 2.41. The molecule has 0 bridgehead atoms. The van der Waals surface area contributed by atoms with E-state index in [1.54, 1.807) is 12.1 Å². The third-order valence-electron chi connectivity index (χ3n) is 2.41. The molecule has 92 valence electrons. The molecule has 1 amide bonds. The summed E-state index contributed by atoms with van der Waals surface area (Å²) in [7, 11) is 0. The van der Waals surface area contributed by atoms with Gasteiger partial charge in [0, 0.05) is 5.56 Å². The minimum Gasteiger partial charge on any atom is -0.501 e. The minimum atomic E-state index is -0.932. The van der Waals surface area contributed by atoms with Crippen molar-refractivity contribution in [1.29, 1.82) is 0 Å². The lowest BCUT2D eigenvalue weighted by atomic mass is 10.1. The van der Waals surface area contributed by atoms with Gasteiger partial charge in [-0.25, -0.2) is 4.98 Å². The molecule has 0 saturated carbocycles. The summed E-state index contributed by atoms with van der Waals surface area (Å²) in [4.78, 5) is 18.6. The number of aryl methyl sites for hydroxylation is 1. The first-order valence-corrected chi connectivity index (χ1v) is 5.16. The molecule has 4 N–H and O–H groups in total. The van der Waals surface area contributed by atoms with E-state index in [1.165, 1.54) is 0 Å². The number of aromatic hydroxyl groups is 2. The zero-order chi connectivity index (χ0) is 13.3. The van der Waals surface area contributed by atoms with E-state index in [9.17, 15) is 15.0 Å². The van der Waals surface area contributed by atoms with E-state index >= 15 is 0 Å². The molecule has 0 aliphatic carbocycles. The Bertz CT molecular complexity index is 609. The Balaban J connectivity index is 2.59. The van der Waals surface area contributed by atoms with Gasteiger partial charge >= 0.3 is 0 Å². The summed E-state index contributed by atoms with van der Waals surface area (Å²) >= 11 is 0. The number of carbonyl (C=O) groups is 1. The fourth-order valence-electron chi connectivity index (χ4n) is 1.45. The molecular weight excluding hydrogens is 234 g/mol. The van der Waals surface area contributed by atoms with Crippen molar-refractivity contribution in [2.24, 2.45) is 5.73 Å². The summed E-state index contributed by atoms with van der Waals surface area (Å²) < 4.78 is 0. The number of aromatic nitrogens is 2. The molecule has 2 rings (SSSR count). The van der Waals surface area contributed by atoms with Gasteiger partial charge in [0.2, 0.25) is 5.75 Å².